The Morgan fingerprint density at radius 1 is 0.769 bits per heavy atom. The molecule has 0 spiro atoms. The molecule has 4 rings (SSSR count). The first-order valence-corrected chi connectivity index (χ1v) is 15.8. The molecule has 0 radical (unpaired) electrons. The lowest BCUT2D eigenvalue weighted by Gasteiger charge is -2.15. The van der Waals surface area contributed by atoms with Crippen molar-refractivity contribution in [3.05, 3.63) is 132 Å². The van der Waals surface area contributed by atoms with Crippen LogP contribution in [0.4, 0.5) is 26.3 Å². The molecule has 0 saturated carbocycles. The van der Waals surface area contributed by atoms with E-state index in [4.69, 9.17) is 34.0 Å². The highest BCUT2D eigenvalue weighted by Gasteiger charge is 2.32. The van der Waals surface area contributed by atoms with Crippen LogP contribution in [0.3, 0.4) is 0 Å². The predicted molar refractivity (Wildman–Crippen MR) is 186 cm³/mol. The van der Waals surface area contributed by atoms with Gasteiger partial charge in [-0.1, -0.05) is 36.4 Å². The standard InChI is InChI=1S/C17H15F3N2O2.C9H10F3NO.C8H7NO2.CH2Cl2/c1-12(13-5-4-7-15(11-13)24-17(18,19)20)22-16(23)9-8-14-6-2-3-10-21-14;1-6(13)7-3-2-4-8(5-7)14-9(10,11)12;10-8(11)5-4-7-3-1-2-6-9-7;2-1-3/h2-12H,1H3,(H,22,23);2-6H,13H2,1H3;1-6H,(H,10,11);1H2/b9-8+;;5-4+;. The molecule has 9 nitrogen and oxygen atoms in total. The maximum absolute atomic E-state index is 12.2. The number of nitrogens with two attached hydrogens (primary N) is 1. The lowest BCUT2D eigenvalue weighted by atomic mass is 10.1. The quantitative estimate of drug-likeness (QED) is 0.0871. The molecule has 2 unspecified atom stereocenters. The van der Waals surface area contributed by atoms with Gasteiger partial charge in [-0.3, -0.25) is 14.8 Å². The van der Waals surface area contributed by atoms with Crippen molar-refractivity contribution in [1.29, 1.82) is 0 Å². The van der Waals surface area contributed by atoms with Crippen molar-refractivity contribution < 1.29 is 50.5 Å². The van der Waals surface area contributed by atoms with Crippen LogP contribution < -0.4 is 20.5 Å². The average molecular weight is 776 g/mol. The summed E-state index contributed by atoms with van der Waals surface area (Å²) in [6.45, 7) is 3.35. The number of rotatable bonds is 9. The van der Waals surface area contributed by atoms with Crippen molar-refractivity contribution >= 4 is 47.2 Å². The summed E-state index contributed by atoms with van der Waals surface area (Å²) in [7, 11) is 0. The summed E-state index contributed by atoms with van der Waals surface area (Å²) in [4.78, 5) is 29.9. The number of carboxylic acid groups (broad SMARTS) is 1. The van der Waals surface area contributed by atoms with Crippen LogP contribution in [-0.4, -0.2) is 45.0 Å². The Labute approximate surface area is 305 Å². The molecule has 1 amide bonds. The number of carboxylic acids is 1. The van der Waals surface area contributed by atoms with Gasteiger partial charge in [0.1, 0.15) is 11.5 Å². The average Bonchev–Trinajstić information content (AvgIpc) is 3.07. The zero-order chi connectivity index (χ0) is 39.2. The Kier molecular flexibility index (Phi) is 20.2. The van der Waals surface area contributed by atoms with Gasteiger partial charge in [0.15, 0.2) is 0 Å². The van der Waals surface area contributed by atoms with Gasteiger partial charge in [0.25, 0.3) is 0 Å². The maximum atomic E-state index is 12.2. The van der Waals surface area contributed by atoms with Gasteiger partial charge < -0.3 is 25.6 Å². The largest absolute Gasteiger partial charge is 0.573 e. The molecule has 0 aliphatic carbocycles. The topological polar surface area (TPSA) is 137 Å². The molecule has 2 heterocycles. The highest BCUT2D eigenvalue weighted by atomic mass is 35.5. The molecule has 2 aromatic carbocycles. The van der Waals surface area contributed by atoms with Crippen LogP contribution in [0.25, 0.3) is 12.2 Å². The highest BCUT2D eigenvalue weighted by molar-refractivity contribution is 6.40. The number of alkyl halides is 8. The van der Waals surface area contributed by atoms with E-state index in [-0.39, 0.29) is 28.8 Å². The molecule has 280 valence electrons. The summed E-state index contributed by atoms with van der Waals surface area (Å²) in [5.74, 6) is -1.91. The fraction of sp³-hybridized carbons (Fsp3) is 0.200. The second-order valence-electron chi connectivity index (χ2n) is 9.87. The minimum atomic E-state index is -4.75. The zero-order valence-electron chi connectivity index (χ0n) is 27.5. The minimum Gasteiger partial charge on any atom is -0.478 e. The number of ether oxygens (including phenoxy) is 2. The minimum absolute atomic E-state index is 0.194. The molecule has 4 N–H and O–H groups in total. The van der Waals surface area contributed by atoms with Crippen molar-refractivity contribution in [2.75, 3.05) is 5.34 Å². The molecule has 0 aliphatic rings. The van der Waals surface area contributed by atoms with E-state index in [2.05, 4.69) is 24.8 Å². The fourth-order valence-corrected chi connectivity index (χ4v) is 3.59. The smallest absolute Gasteiger partial charge is 0.478 e. The molecule has 17 heteroatoms. The number of benzene rings is 2. The van der Waals surface area contributed by atoms with E-state index < -0.39 is 24.7 Å². The van der Waals surface area contributed by atoms with E-state index in [1.807, 2.05) is 0 Å². The molecule has 52 heavy (non-hydrogen) atoms. The Morgan fingerprint density at radius 3 is 1.62 bits per heavy atom. The Bertz CT molecular complexity index is 1690. The van der Waals surface area contributed by atoms with Crippen LogP contribution in [0.1, 0.15) is 48.4 Å². The molecule has 0 fully saturated rings. The van der Waals surface area contributed by atoms with Crippen molar-refractivity contribution in [3.63, 3.8) is 0 Å². The Balaban J connectivity index is 0.000000408. The second-order valence-corrected chi connectivity index (χ2v) is 10.7. The zero-order valence-corrected chi connectivity index (χ0v) is 29.0. The summed E-state index contributed by atoms with van der Waals surface area (Å²) >= 11 is 9.53. The van der Waals surface area contributed by atoms with Gasteiger partial charge in [-0.2, -0.15) is 0 Å². The van der Waals surface area contributed by atoms with Gasteiger partial charge in [-0.25, -0.2) is 4.79 Å². The number of amides is 1. The second kappa shape index (κ2) is 23.4. The SMILES string of the molecule is CC(N)c1cccc(OC(F)(F)F)c1.CC(NC(=O)/C=C/c1ccccn1)c1cccc(OC(F)(F)F)c1.ClCCl.O=C(O)/C=C/c1ccccn1. The van der Waals surface area contributed by atoms with Crippen LogP contribution in [0.5, 0.6) is 11.5 Å². The number of halogens is 8. The normalized spacial score (nSPS) is 12.1. The monoisotopic (exact) mass is 774 g/mol. The van der Waals surface area contributed by atoms with Crippen LogP contribution in [-0.2, 0) is 9.59 Å². The predicted octanol–water partition coefficient (Wildman–Crippen LogP) is 9.08. The van der Waals surface area contributed by atoms with Crippen LogP contribution in [0.2, 0.25) is 0 Å². The summed E-state index contributed by atoms with van der Waals surface area (Å²) in [6, 6.07) is 20.9. The van der Waals surface area contributed by atoms with Crippen LogP contribution in [0, 0.1) is 0 Å². The molecule has 0 saturated heterocycles. The summed E-state index contributed by atoms with van der Waals surface area (Å²) in [6.07, 6.45) is -0.828. The van der Waals surface area contributed by atoms with Gasteiger partial charge >= 0.3 is 18.7 Å². The number of carbonyl (C=O) groups excluding carboxylic acids is 1. The third kappa shape index (κ3) is 21.9. The maximum Gasteiger partial charge on any atom is 0.573 e. The number of hydrogen-bond donors (Lipinski definition) is 3. The molecule has 2 atom stereocenters. The summed E-state index contributed by atoms with van der Waals surface area (Å²) in [5, 5.41) is 11.1. The van der Waals surface area contributed by atoms with E-state index >= 15 is 0 Å². The lowest BCUT2D eigenvalue weighted by molar-refractivity contribution is -0.275. The van der Waals surface area contributed by atoms with Crippen molar-refractivity contribution in [2.45, 2.75) is 38.7 Å². The third-order valence-electron chi connectivity index (χ3n) is 5.75. The first-order chi connectivity index (χ1) is 24.4. The molecule has 4 aromatic rings. The third-order valence-corrected chi connectivity index (χ3v) is 5.75. The Morgan fingerprint density at radius 2 is 1.21 bits per heavy atom. The highest BCUT2D eigenvalue weighted by Crippen LogP contribution is 2.26. The van der Waals surface area contributed by atoms with Crippen molar-refractivity contribution in [3.8, 4) is 11.5 Å². The van der Waals surface area contributed by atoms with Gasteiger partial charge in [0.2, 0.25) is 5.91 Å². The lowest BCUT2D eigenvalue weighted by Crippen LogP contribution is -2.24. The number of nitrogens with zero attached hydrogens (tertiary/aromatic N) is 2. The van der Waals surface area contributed by atoms with Gasteiger partial charge in [-0.05, 0) is 85.7 Å². The van der Waals surface area contributed by atoms with Crippen LogP contribution in [0.15, 0.2) is 109 Å². The first kappa shape index (κ1) is 44.9. The fourth-order valence-electron chi connectivity index (χ4n) is 3.59. The summed E-state index contributed by atoms with van der Waals surface area (Å²) in [5.41, 5.74) is 7.88. The van der Waals surface area contributed by atoms with Gasteiger partial charge in [-0.15, -0.1) is 49.5 Å². The molecule has 2 aromatic heterocycles. The molecular weight excluding hydrogens is 741 g/mol. The van der Waals surface area contributed by atoms with E-state index in [0.717, 1.165) is 6.08 Å². The van der Waals surface area contributed by atoms with E-state index in [1.54, 1.807) is 80.8 Å². The van der Waals surface area contributed by atoms with E-state index in [0.29, 0.717) is 22.5 Å². The van der Waals surface area contributed by atoms with Crippen molar-refractivity contribution in [2.24, 2.45) is 5.73 Å². The van der Waals surface area contributed by atoms with E-state index in [9.17, 15) is 35.9 Å². The van der Waals surface area contributed by atoms with Crippen LogP contribution >= 0.6 is 23.2 Å². The molecule has 0 bridgehead atoms. The van der Waals surface area contributed by atoms with E-state index in [1.165, 1.54) is 48.6 Å². The Hall–Kier alpha value is -5.12. The number of aromatic nitrogens is 2. The first-order valence-electron chi connectivity index (χ1n) is 14.7. The number of hydrogen-bond acceptors (Lipinski definition) is 7. The van der Waals surface area contributed by atoms with Gasteiger partial charge in [0.05, 0.1) is 22.8 Å². The van der Waals surface area contributed by atoms with Gasteiger partial charge in [0, 0.05) is 30.6 Å². The number of carbonyl (C=O) groups is 2. The molecule has 0 aliphatic heterocycles. The molecular formula is C35H34Cl2F6N4O5. The number of aliphatic carboxylic acids is 1. The number of nitrogens with one attached hydrogen (secondary N) is 1. The van der Waals surface area contributed by atoms with Crippen molar-refractivity contribution in [1.82, 2.24) is 15.3 Å². The number of pyridine rings is 2. The summed E-state index contributed by atoms with van der Waals surface area (Å²) < 4.78 is 79.8.